The van der Waals surface area contributed by atoms with Crippen LogP contribution in [0, 0.1) is 0 Å². The number of benzene rings is 1. The van der Waals surface area contributed by atoms with Gasteiger partial charge in [-0.15, -0.1) is 0 Å². The van der Waals surface area contributed by atoms with Crippen molar-refractivity contribution in [2.75, 3.05) is 7.11 Å². The highest BCUT2D eigenvalue weighted by atomic mass is 16.5. The summed E-state index contributed by atoms with van der Waals surface area (Å²) in [5.41, 5.74) is 1.80. The molecule has 0 aliphatic rings. The lowest BCUT2D eigenvalue weighted by molar-refractivity contribution is 0.0599. The fourth-order valence-corrected chi connectivity index (χ4v) is 1.61. The highest BCUT2D eigenvalue weighted by molar-refractivity contribution is 5.90. The fourth-order valence-electron chi connectivity index (χ4n) is 1.61. The number of ether oxygens (including phenoxy) is 1. The lowest BCUT2D eigenvalue weighted by atomic mass is 10.0. The van der Waals surface area contributed by atoms with E-state index in [4.69, 9.17) is 4.74 Å². The summed E-state index contributed by atoms with van der Waals surface area (Å²) in [5, 5.41) is 0. The van der Waals surface area contributed by atoms with Crippen molar-refractivity contribution >= 4 is 5.97 Å². The normalized spacial score (nSPS) is 10.0. The Balaban J connectivity index is 2.73. The zero-order chi connectivity index (χ0) is 11.1. The molecule has 2 heteroatoms. The largest absolute Gasteiger partial charge is 0.465 e. The molecule has 15 heavy (non-hydrogen) atoms. The summed E-state index contributed by atoms with van der Waals surface area (Å²) in [4.78, 5) is 11.4. The van der Waals surface area contributed by atoms with Crippen molar-refractivity contribution in [1.82, 2.24) is 0 Å². The predicted octanol–water partition coefficient (Wildman–Crippen LogP) is 3.21. The van der Waals surface area contributed by atoms with Crippen LogP contribution in [0.3, 0.4) is 0 Å². The summed E-state index contributed by atoms with van der Waals surface area (Å²) in [6, 6.07) is 7.66. The van der Waals surface area contributed by atoms with E-state index in [0.29, 0.717) is 5.56 Å². The van der Waals surface area contributed by atoms with Gasteiger partial charge in [-0.05, 0) is 24.5 Å². The highest BCUT2D eigenvalue weighted by Crippen LogP contribution is 2.13. The van der Waals surface area contributed by atoms with E-state index in [-0.39, 0.29) is 5.97 Å². The molecule has 82 valence electrons. The van der Waals surface area contributed by atoms with Gasteiger partial charge in [0.1, 0.15) is 0 Å². The van der Waals surface area contributed by atoms with Crippen LogP contribution in [0.4, 0.5) is 0 Å². The maximum Gasteiger partial charge on any atom is 0.338 e. The summed E-state index contributed by atoms with van der Waals surface area (Å²) >= 11 is 0. The smallest absolute Gasteiger partial charge is 0.338 e. The van der Waals surface area contributed by atoms with Crippen molar-refractivity contribution in [2.24, 2.45) is 0 Å². The average Bonchev–Trinajstić information content (AvgIpc) is 2.29. The van der Waals surface area contributed by atoms with Gasteiger partial charge in [0, 0.05) is 0 Å². The molecule has 0 spiro atoms. The second-order valence-corrected chi connectivity index (χ2v) is 3.61. The fraction of sp³-hybridized carbons (Fsp3) is 0.462. The molecule has 0 aliphatic carbocycles. The summed E-state index contributed by atoms with van der Waals surface area (Å²) in [6.07, 6.45) is 4.49. The van der Waals surface area contributed by atoms with E-state index < -0.39 is 0 Å². The summed E-state index contributed by atoms with van der Waals surface area (Å²) in [5.74, 6) is -0.234. The molecule has 1 aromatic rings. The molecule has 1 aromatic carbocycles. The number of unbranched alkanes of at least 4 members (excludes halogenated alkanes) is 2. The molecule has 0 bridgehead atoms. The van der Waals surface area contributed by atoms with Gasteiger partial charge in [0.25, 0.3) is 0 Å². The van der Waals surface area contributed by atoms with Crippen molar-refractivity contribution in [3.63, 3.8) is 0 Å². The number of carbonyl (C=O) groups excluding carboxylic acids is 1. The number of hydrogen-bond acceptors (Lipinski definition) is 2. The molecule has 0 N–H and O–H groups in total. The van der Waals surface area contributed by atoms with E-state index >= 15 is 0 Å². The van der Waals surface area contributed by atoms with E-state index in [9.17, 15) is 4.79 Å². The van der Waals surface area contributed by atoms with Crippen LogP contribution < -0.4 is 0 Å². The minimum atomic E-state index is -0.234. The first kappa shape index (κ1) is 11.8. The number of methoxy groups -OCH3 is 1. The molecule has 1 rings (SSSR count). The zero-order valence-corrected chi connectivity index (χ0v) is 9.45. The van der Waals surface area contributed by atoms with Crippen LogP contribution in [0.25, 0.3) is 0 Å². The van der Waals surface area contributed by atoms with Crippen LogP contribution >= 0.6 is 0 Å². The van der Waals surface area contributed by atoms with Crippen molar-refractivity contribution < 1.29 is 9.53 Å². The van der Waals surface area contributed by atoms with E-state index in [2.05, 4.69) is 6.92 Å². The maximum absolute atomic E-state index is 11.4. The van der Waals surface area contributed by atoms with E-state index in [1.165, 1.54) is 20.0 Å². The van der Waals surface area contributed by atoms with Gasteiger partial charge in [0.15, 0.2) is 0 Å². The van der Waals surface area contributed by atoms with Gasteiger partial charge in [0.2, 0.25) is 0 Å². The molecule has 0 aromatic heterocycles. The SMILES string of the molecule is CCCCCc1ccccc1C(=O)OC. The van der Waals surface area contributed by atoms with Crippen molar-refractivity contribution in [1.29, 1.82) is 0 Å². The Morgan fingerprint density at radius 3 is 2.67 bits per heavy atom. The van der Waals surface area contributed by atoms with Crippen LogP contribution in [-0.4, -0.2) is 13.1 Å². The average molecular weight is 206 g/mol. The second-order valence-electron chi connectivity index (χ2n) is 3.61. The van der Waals surface area contributed by atoms with Gasteiger partial charge in [0.05, 0.1) is 12.7 Å². The van der Waals surface area contributed by atoms with Gasteiger partial charge in [-0.3, -0.25) is 0 Å². The lowest BCUT2D eigenvalue weighted by Crippen LogP contribution is -2.05. The van der Waals surface area contributed by atoms with Crippen molar-refractivity contribution in [3.05, 3.63) is 35.4 Å². The predicted molar refractivity (Wildman–Crippen MR) is 61.0 cm³/mol. The number of rotatable bonds is 5. The molecule has 0 heterocycles. The molecule has 2 nitrogen and oxygen atoms in total. The Morgan fingerprint density at radius 1 is 1.27 bits per heavy atom. The number of carbonyl (C=O) groups is 1. The van der Waals surface area contributed by atoms with Crippen LogP contribution in [0.2, 0.25) is 0 Å². The lowest BCUT2D eigenvalue weighted by Gasteiger charge is -2.06. The van der Waals surface area contributed by atoms with Gasteiger partial charge < -0.3 is 4.74 Å². The highest BCUT2D eigenvalue weighted by Gasteiger charge is 2.09. The Kier molecular flexibility index (Phi) is 4.88. The Morgan fingerprint density at radius 2 is 2.00 bits per heavy atom. The van der Waals surface area contributed by atoms with Gasteiger partial charge in [-0.1, -0.05) is 38.0 Å². The molecule has 0 fully saturated rings. The van der Waals surface area contributed by atoms with Crippen LogP contribution in [0.15, 0.2) is 24.3 Å². The van der Waals surface area contributed by atoms with Crippen molar-refractivity contribution in [3.8, 4) is 0 Å². The first-order chi connectivity index (χ1) is 7.29. The minimum absolute atomic E-state index is 0.234. The Hall–Kier alpha value is -1.31. The quantitative estimate of drug-likeness (QED) is 0.546. The first-order valence-electron chi connectivity index (χ1n) is 5.45. The third-order valence-electron chi connectivity index (χ3n) is 2.47. The van der Waals surface area contributed by atoms with E-state index in [1.807, 2.05) is 24.3 Å². The van der Waals surface area contributed by atoms with Gasteiger partial charge >= 0.3 is 5.97 Å². The molecule has 0 radical (unpaired) electrons. The molecule has 0 aliphatic heterocycles. The minimum Gasteiger partial charge on any atom is -0.465 e. The monoisotopic (exact) mass is 206 g/mol. The second kappa shape index (κ2) is 6.23. The summed E-state index contributed by atoms with van der Waals surface area (Å²) in [7, 11) is 1.42. The zero-order valence-electron chi connectivity index (χ0n) is 9.45. The molecule has 0 unspecified atom stereocenters. The molecular weight excluding hydrogens is 188 g/mol. The van der Waals surface area contributed by atoms with Crippen molar-refractivity contribution in [2.45, 2.75) is 32.6 Å². The first-order valence-corrected chi connectivity index (χ1v) is 5.45. The molecule has 0 atom stereocenters. The molecule has 0 saturated heterocycles. The maximum atomic E-state index is 11.4. The third kappa shape index (κ3) is 3.39. The van der Waals surface area contributed by atoms with Gasteiger partial charge in [-0.2, -0.15) is 0 Å². The van der Waals surface area contributed by atoms with Crippen LogP contribution in [-0.2, 0) is 11.2 Å². The third-order valence-corrected chi connectivity index (χ3v) is 2.47. The summed E-state index contributed by atoms with van der Waals surface area (Å²) < 4.78 is 4.74. The standard InChI is InChI=1S/C13H18O2/c1-3-4-5-8-11-9-6-7-10-12(11)13(14)15-2/h6-7,9-10H,3-5,8H2,1-2H3. The number of esters is 1. The van der Waals surface area contributed by atoms with Crippen LogP contribution in [0.1, 0.15) is 42.1 Å². The van der Waals surface area contributed by atoms with E-state index in [1.54, 1.807) is 0 Å². The topological polar surface area (TPSA) is 26.3 Å². The Labute approximate surface area is 91.3 Å². The molecule has 0 amide bonds. The Bertz CT molecular complexity index is 318. The number of aryl methyl sites for hydroxylation is 1. The summed E-state index contributed by atoms with van der Waals surface area (Å²) in [6.45, 7) is 2.17. The van der Waals surface area contributed by atoms with Gasteiger partial charge in [-0.25, -0.2) is 4.79 Å². The molecule has 0 saturated carbocycles. The van der Waals surface area contributed by atoms with E-state index in [0.717, 1.165) is 18.4 Å². The number of hydrogen-bond donors (Lipinski definition) is 0. The molecular formula is C13H18O2. The van der Waals surface area contributed by atoms with Crippen LogP contribution in [0.5, 0.6) is 0 Å².